The molecule has 0 amide bonds. The molecule has 1 saturated heterocycles. The van der Waals surface area contributed by atoms with Gasteiger partial charge in [0.1, 0.15) is 44.0 Å². The molecule has 1 atom stereocenters. The Morgan fingerprint density at radius 1 is 0.955 bits per heavy atom. The van der Waals surface area contributed by atoms with E-state index >= 15 is 0 Å². The lowest BCUT2D eigenvalue weighted by Crippen LogP contribution is -2.36. The molecule has 4 aromatic rings. The van der Waals surface area contributed by atoms with Crippen LogP contribution < -0.4 is 18.9 Å². The number of nitrogens with zero attached hydrogens (tertiary/aromatic N) is 3. The molecule has 2 aliphatic heterocycles. The zero-order valence-electron chi connectivity index (χ0n) is 25.1. The summed E-state index contributed by atoms with van der Waals surface area (Å²) in [4.78, 5) is 6.66. The first-order valence-corrected chi connectivity index (χ1v) is 15.5. The molecule has 0 spiro atoms. The summed E-state index contributed by atoms with van der Waals surface area (Å²) >= 11 is 6.84. The molecule has 226 valence electrons. The Bertz CT molecular complexity index is 1680. The van der Waals surface area contributed by atoms with Crippen LogP contribution in [0.3, 0.4) is 0 Å². The molecule has 0 bridgehead atoms. The van der Waals surface area contributed by atoms with Crippen molar-refractivity contribution >= 4 is 11.6 Å². The van der Waals surface area contributed by atoms with Crippen molar-refractivity contribution in [3.63, 3.8) is 0 Å². The Hall–Kier alpha value is -4.25. The van der Waals surface area contributed by atoms with E-state index in [4.69, 9.17) is 30.5 Å². The van der Waals surface area contributed by atoms with Crippen molar-refractivity contribution in [2.24, 2.45) is 0 Å². The topological polar surface area (TPSA) is 76.8 Å². The largest absolute Gasteiger partial charge is 0.488 e. The summed E-state index contributed by atoms with van der Waals surface area (Å²) < 4.78 is 24.2. The third kappa shape index (κ3) is 6.77. The second-order valence-corrected chi connectivity index (χ2v) is 11.8. The van der Waals surface area contributed by atoms with Gasteiger partial charge in [0.15, 0.2) is 11.5 Å². The quantitative estimate of drug-likeness (QED) is 0.191. The van der Waals surface area contributed by atoms with Crippen LogP contribution in [0.4, 0.5) is 0 Å². The fourth-order valence-electron chi connectivity index (χ4n) is 5.86. The number of rotatable bonds is 9. The summed E-state index contributed by atoms with van der Waals surface area (Å²) in [6, 6.07) is 20.6. The molecular formula is C36H36ClN3O4. The van der Waals surface area contributed by atoms with Crippen LogP contribution in [0.5, 0.6) is 23.0 Å². The number of pyridine rings is 1. The lowest BCUT2D eigenvalue weighted by atomic mass is 9.96. The number of halogens is 1. The minimum Gasteiger partial charge on any atom is -0.488 e. The van der Waals surface area contributed by atoms with Gasteiger partial charge in [-0.15, -0.1) is 0 Å². The molecule has 8 heteroatoms. The van der Waals surface area contributed by atoms with Crippen LogP contribution in [-0.2, 0) is 19.8 Å². The van der Waals surface area contributed by atoms with E-state index in [-0.39, 0.29) is 6.61 Å². The van der Waals surface area contributed by atoms with E-state index in [0.717, 1.165) is 58.0 Å². The van der Waals surface area contributed by atoms with Crippen LogP contribution in [0.25, 0.3) is 11.1 Å². The number of piperidine rings is 1. The van der Waals surface area contributed by atoms with E-state index in [1.807, 2.05) is 30.3 Å². The van der Waals surface area contributed by atoms with Crippen LogP contribution in [0.1, 0.15) is 54.0 Å². The molecule has 1 aromatic heterocycles. The molecule has 0 N–H and O–H groups in total. The van der Waals surface area contributed by atoms with Gasteiger partial charge in [-0.2, -0.15) is 5.26 Å². The molecule has 44 heavy (non-hydrogen) atoms. The Morgan fingerprint density at radius 2 is 1.80 bits per heavy atom. The van der Waals surface area contributed by atoms with E-state index < -0.39 is 0 Å². The van der Waals surface area contributed by atoms with Gasteiger partial charge in [0.25, 0.3) is 0 Å². The second kappa shape index (κ2) is 13.6. The Labute approximate surface area is 263 Å². The average Bonchev–Trinajstić information content (AvgIpc) is 3.05. The van der Waals surface area contributed by atoms with Crippen molar-refractivity contribution in [1.82, 2.24) is 9.88 Å². The zero-order valence-corrected chi connectivity index (χ0v) is 25.9. The van der Waals surface area contributed by atoms with Gasteiger partial charge in [0.2, 0.25) is 0 Å². The second-order valence-electron chi connectivity index (χ2n) is 11.4. The van der Waals surface area contributed by atoms with Gasteiger partial charge in [0, 0.05) is 42.2 Å². The van der Waals surface area contributed by atoms with Crippen molar-refractivity contribution in [1.29, 1.82) is 5.26 Å². The summed E-state index contributed by atoms with van der Waals surface area (Å²) in [5, 5.41) is 9.84. The summed E-state index contributed by atoms with van der Waals surface area (Å²) in [6.45, 7) is 7.91. The van der Waals surface area contributed by atoms with Gasteiger partial charge in [0.05, 0.1) is 10.6 Å². The monoisotopic (exact) mass is 609 g/mol. The summed E-state index contributed by atoms with van der Waals surface area (Å²) in [7, 11) is 0. The number of nitriles is 1. The van der Waals surface area contributed by atoms with Gasteiger partial charge in [-0.3, -0.25) is 9.88 Å². The number of ether oxygens (including phenoxy) is 4. The maximum absolute atomic E-state index is 9.29. The number of hydrogen-bond acceptors (Lipinski definition) is 7. The molecule has 7 nitrogen and oxygen atoms in total. The lowest BCUT2D eigenvalue weighted by molar-refractivity contribution is 0.150. The van der Waals surface area contributed by atoms with Crippen LogP contribution in [-0.4, -0.2) is 35.7 Å². The maximum atomic E-state index is 9.29. The Morgan fingerprint density at radius 3 is 2.64 bits per heavy atom. The standard InChI is InChI=1S/C36H36ClN3O4/c1-24-6-3-4-11-40(24)21-30-15-32(37)35(17-34(30)43-22-27-14-26(18-38)19-39-20-27)44-23-29-7-5-8-31(25(29)2)28-9-10-33-36(16-28)42-13-12-41-33/h5,7-10,14-17,19-20,24H,3-4,6,11-13,21-23H2,1-2H3. The third-order valence-electron chi connectivity index (χ3n) is 8.43. The van der Waals surface area contributed by atoms with E-state index in [1.165, 1.54) is 19.3 Å². The van der Waals surface area contributed by atoms with Crippen LogP contribution in [0.15, 0.2) is 67.0 Å². The van der Waals surface area contributed by atoms with Crippen LogP contribution >= 0.6 is 11.6 Å². The summed E-state index contributed by atoms with van der Waals surface area (Å²) in [5.74, 6) is 2.82. The van der Waals surface area contributed by atoms with Gasteiger partial charge >= 0.3 is 0 Å². The van der Waals surface area contributed by atoms with Crippen molar-refractivity contribution in [2.75, 3.05) is 19.8 Å². The molecule has 1 unspecified atom stereocenters. The van der Waals surface area contributed by atoms with E-state index in [1.54, 1.807) is 18.5 Å². The molecule has 6 rings (SSSR count). The van der Waals surface area contributed by atoms with Gasteiger partial charge in [-0.05, 0) is 79.8 Å². The number of fused-ring (bicyclic) bond motifs is 1. The highest BCUT2D eigenvalue weighted by atomic mass is 35.5. The smallest absolute Gasteiger partial charge is 0.161 e. The van der Waals surface area contributed by atoms with E-state index in [9.17, 15) is 5.26 Å². The third-order valence-corrected chi connectivity index (χ3v) is 8.73. The van der Waals surface area contributed by atoms with Crippen LogP contribution in [0, 0.1) is 18.3 Å². The molecular weight excluding hydrogens is 574 g/mol. The molecule has 3 aromatic carbocycles. The number of aromatic nitrogens is 1. The average molecular weight is 610 g/mol. The minimum atomic E-state index is 0.281. The highest BCUT2D eigenvalue weighted by Crippen LogP contribution is 2.38. The Kier molecular flexibility index (Phi) is 9.20. The highest BCUT2D eigenvalue weighted by molar-refractivity contribution is 6.32. The molecule has 2 aliphatic rings. The van der Waals surface area contributed by atoms with Crippen molar-refractivity contribution in [2.45, 2.75) is 58.9 Å². The van der Waals surface area contributed by atoms with Crippen molar-refractivity contribution in [3.05, 3.63) is 99.8 Å². The zero-order chi connectivity index (χ0) is 30.5. The molecule has 3 heterocycles. The maximum Gasteiger partial charge on any atom is 0.161 e. The molecule has 1 fully saturated rings. The van der Waals surface area contributed by atoms with Gasteiger partial charge < -0.3 is 18.9 Å². The SMILES string of the molecule is Cc1c(COc2cc(OCc3cncc(C#N)c3)c(CN3CCCCC3C)cc2Cl)cccc1-c1ccc2c(c1)OCCO2. The summed E-state index contributed by atoms with van der Waals surface area (Å²) in [5.41, 5.74) is 6.69. The molecule has 0 aliphatic carbocycles. The van der Waals surface area contributed by atoms with E-state index in [2.05, 4.69) is 48.0 Å². The summed E-state index contributed by atoms with van der Waals surface area (Å²) in [6.07, 6.45) is 6.89. The normalized spacial score (nSPS) is 16.3. The fraction of sp³-hybridized carbons (Fsp3) is 0.333. The number of likely N-dealkylation sites (tertiary alicyclic amines) is 1. The first-order valence-electron chi connectivity index (χ1n) is 15.1. The Balaban J connectivity index is 1.24. The fourth-order valence-corrected chi connectivity index (χ4v) is 6.10. The lowest BCUT2D eigenvalue weighted by Gasteiger charge is -2.33. The van der Waals surface area contributed by atoms with E-state index in [0.29, 0.717) is 47.9 Å². The predicted octanol–water partition coefficient (Wildman–Crippen LogP) is 7.89. The van der Waals surface area contributed by atoms with Crippen molar-refractivity contribution < 1.29 is 18.9 Å². The van der Waals surface area contributed by atoms with Crippen LogP contribution in [0.2, 0.25) is 5.02 Å². The minimum absolute atomic E-state index is 0.281. The van der Waals surface area contributed by atoms with Gasteiger partial charge in [-0.1, -0.05) is 42.3 Å². The number of hydrogen-bond donors (Lipinski definition) is 0. The van der Waals surface area contributed by atoms with Gasteiger partial charge in [-0.25, -0.2) is 0 Å². The number of benzene rings is 3. The highest BCUT2D eigenvalue weighted by Gasteiger charge is 2.22. The predicted molar refractivity (Wildman–Crippen MR) is 170 cm³/mol. The molecule has 0 radical (unpaired) electrons. The molecule has 0 saturated carbocycles. The van der Waals surface area contributed by atoms with Crippen molar-refractivity contribution in [3.8, 4) is 40.2 Å². The first kappa shape index (κ1) is 29.8. The first-order chi connectivity index (χ1) is 21.5.